The quantitative estimate of drug-likeness (QED) is 0.855. The minimum absolute atomic E-state index is 0.473. The second-order valence-electron chi connectivity index (χ2n) is 4.65. The molecule has 0 aliphatic rings. The van der Waals surface area contributed by atoms with Gasteiger partial charge in [0, 0.05) is 10.7 Å². The number of nitrogens with zero attached hydrogens (tertiary/aromatic N) is 2. The van der Waals surface area contributed by atoms with E-state index in [2.05, 4.69) is 16.4 Å². The zero-order chi connectivity index (χ0) is 15.2. The molecule has 1 aromatic heterocycles. The number of halogens is 1. The van der Waals surface area contributed by atoms with Crippen LogP contribution in [0.25, 0.3) is 0 Å². The van der Waals surface area contributed by atoms with Crippen LogP contribution in [-0.4, -0.2) is 18.1 Å². The zero-order valence-electron chi connectivity index (χ0n) is 12.0. The Hall–Kier alpha value is -2.25. The summed E-state index contributed by atoms with van der Waals surface area (Å²) in [6, 6.07) is 11.3. The third-order valence-corrected chi connectivity index (χ3v) is 3.19. The Bertz CT molecular complexity index is 662. The van der Waals surface area contributed by atoms with Crippen molar-refractivity contribution in [2.75, 3.05) is 18.5 Å². The molecule has 0 atom stereocenters. The predicted octanol–water partition coefficient (Wildman–Crippen LogP) is 3.71. The van der Waals surface area contributed by atoms with E-state index in [4.69, 9.17) is 16.3 Å². The molecule has 0 bridgehead atoms. The van der Waals surface area contributed by atoms with Gasteiger partial charge in [-0.15, -0.1) is 0 Å². The molecule has 0 radical (unpaired) electrons. The van der Waals surface area contributed by atoms with Crippen LogP contribution in [0.4, 0.5) is 5.82 Å². The molecule has 5 heteroatoms. The summed E-state index contributed by atoms with van der Waals surface area (Å²) in [6.07, 6.45) is 0. The zero-order valence-corrected chi connectivity index (χ0v) is 12.7. The number of aromatic nitrogens is 1. The molecule has 4 nitrogen and oxygen atoms in total. The summed E-state index contributed by atoms with van der Waals surface area (Å²) in [5.74, 6) is 1.37. The van der Waals surface area contributed by atoms with Crippen LogP contribution in [0, 0.1) is 25.2 Å². The fraction of sp³-hybridized carbons (Fsp3) is 0.250. The molecule has 108 valence electrons. The Morgan fingerprint density at radius 2 is 2.00 bits per heavy atom. The van der Waals surface area contributed by atoms with E-state index >= 15 is 0 Å². The van der Waals surface area contributed by atoms with E-state index in [9.17, 15) is 5.26 Å². The minimum atomic E-state index is 0.473. The fourth-order valence-electron chi connectivity index (χ4n) is 1.97. The van der Waals surface area contributed by atoms with Crippen LogP contribution >= 0.6 is 11.6 Å². The maximum absolute atomic E-state index is 9.18. The van der Waals surface area contributed by atoms with Crippen LogP contribution in [0.15, 0.2) is 30.3 Å². The maximum Gasteiger partial charge on any atom is 0.144 e. The average Bonchev–Trinajstić information content (AvgIpc) is 2.45. The second kappa shape index (κ2) is 6.96. The van der Waals surface area contributed by atoms with E-state index in [0.29, 0.717) is 29.6 Å². The SMILES string of the molecule is Cc1cc(C)c(C#N)c(NCCOc2ccc(Cl)cc2)n1. The van der Waals surface area contributed by atoms with Crippen molar-refractivity contribution in [3.05, 3.63) is 52.2 Å². The summed E-state index contributed by atoms with van der Waals surface area (Å²) in [4.78, 5) is 4.35. The molecule has 1 N–H and O–H groups in total. The van der Waals surface area contributed by atoms with Crippen LogP contribution in [0.1, 0.15) is 16.8 Å². The predicted molar refractivity (Wildman–Crippen MR) is 83.9 cm³/mol. The topological polar surface area (TPSA) is 57.9 Å². The lowest BCUT2D eigenvalue weighted by atomic mass is 10.1. The van der Waals surface area contributed by atoms with Crippen molar-refractivity contribution >= 4 is 17.4 Å². The molecular formula is C16H16ClN3O. The van der Waals surface area contributed by atoms with Crippen LogP contribution < -0.4 is 10.1 Å². The Kier molecular flexibility index (Phi) is 5.02. The molecule has 21 heavy (non-hydrogen) atoms. The van der Waals surface area contributed by atoms with Gasteiger partial charge >= 0.3 is 0 Å². The molecule has 0 saturated heterocycles. The molecule has 1 aromatic carbocycles. The lowest BCUT2D eigenvalue weighted by molar-refractivity contribution is 0.333. The van der Waals surface area contributed by atoms with E-state index in [1.165, 1.54) is 0 Å². The van der Waals surface area contributed by atoms with E-state index in [1.807, 2.05) is 32.0 Å². The maximum atomic E-state index is 9.18. The van der Waals surface area contributed by atoms with Crippen LogP contribution in [0.5, 0.6) is 5.75 Å². The van der Waals surface area contributed by atoms with Crippen LogP contribution in [0.2, 0.25) is 5.02 Å². The summed E-state index contributed by atoms with van der Waals surface area (Å²) < 4.78 is 5.58. The summed E-state index contributed by atoms with van der Waals surface area (Å²) in [6.45, 7) is 4.85. The molecule has 0 unspecified atom stereocenters. The summed E-state index contributed by atoms with van der Waals surface area (Å²) in [5.41, 5.74) is 2.38. The number of pyridine rings is 1. The van der Waals surface area contributed by atoms with Crippen molar-refractivity contribution < 1.29 is 4.74 Å². The van der Waals surface area contributed by atoms with E-state index < -0.39 is 0 Å². The Balaban J connectivity index is 1.92. The van der Waals surface area contributed by atoms with Gasteiger partial charge in [-0.1, -0.05) is 11.6 Å². The molecular weight excluding hydrogens is 286 g/mol. The molecule has 0 fully saturated rings. The van der Waals surface area contributed by atoms with Crippen molar-refractivity contribution in [3.8, 4) is 11.8 Å². The molecule has 2 rings (SSSR count). The normalized spacial score (nSPS) is 10.0. The number of rotatable bonds is 5. The van der Waals surface area contributed by atoms with Gasteiger partial charge in [0.25, 0.3) is 0 Å². The number of hydrogen-bond acceptors (Lipinski definition) is 4. The highest BCUT2D eigenvalue weighted by atomic mass is 35.5. The minimum Gasteiger partial charge on any atom is -0.492 e. The van der Waals surface area contributed by atoms with Gasteiger partial charge in [0.05, 0.1) is 12.1 Å². The highest BCUT2D eigenvalue weighted by molar-refractivity contribution is 6.30. The first-order chi connectivity index (χ1) is 10.1. The number of ether oxygens (including phenoxy) is 1. The van der Waals surface area contributed by atoms with Gasteiger partial charge in [0.2, 0.25) is 0 Å². The first kappa shape index (κ1) is 15.1. The van der Waals surface area contributed by atoms with Gasteiger partial charge in [0.15, 0.2) is 0 Å². The first-order valence-corrected chi connectivity index (χ1v) is 6.98. The van der Waals surface area contributed by atoms with Crippen LogP contribution in [-0.2, 0) is 0 Å². The highest BCUT2D eigenvalue weighted by Gasteiger charge is 2.07. The van der Waals surface area contributed by atoms with Crippen molar-refractivity contribution in [2.45, 2.75) is 13.8 Å². The average molecular weight is 302 g/mol. The van der Waals surface area contributed by atoms with Crippen molar-refractivity contribution in [1.82, 2.24) is 4.98 Å². The molecule has 0 aliphatic heterocycles. The Morgan fingerprint density at radius 1 is 1.29 bits per heavy atom. The summed E-state index contributed by atoms with van der Waals surface area (Å²) in [7, 11) is 0. The number of aryl methyl sites for hydroxylation is 2. The number of nitrogens with one attached hydrogen (secondary N) is 1. The monoisotopic (exact) mass is 301 g/mol. The molecule has 0 amide bonds. The molecule has 0 saturated carbocycles. The lowest BCUT2D eigenvalue weighted by Gasteiger charge is -2.11. The Labute approximate surface area is 129 Å². The van der Waals surface area contributed by atoms with E-state index in [0.717, 1.165) is 17.0 Å². The van der Waals surface area contributed by atoms with Gasteiger partial charge in [-0.05, 0) is 49.7 Å². The largest absolute Gasteiger partial charge is 0.492 e. The Morgan fingerprint density at radius 3 is 2.67 bits per heavy atom. The number of anilines is 1. The van der Waals surface area contributed by atoms with Gasteiger partial charge < -0.3 is 10.1 Å². The lowest BCUT2D eigenvalue weighted by Crippen LogP contribution is -2.14. The highest BCUT2D eigenvalue weighted by Crippen LogP contribution is 2.18. The molecule has 1 heterocycles. The van der Waals surface area contributed by atoms with E-state index in [1.54, 1.807) is 12.1 Å². The van der Waals surface area contributed by atoms with Gasteiger partial charge in [-0.3, -0.25) is 0 Å². The second-order valence-corrected chi connectivity index (χ2v) is 5.08. The summed E-state index contributed by atoms with van der Waals surface area (Å²) >= 11 is 5.81. The fourth-order valence-corrected chi connectivity index (χ4v) is 2.10. The van der Waals surface area contributed by atoms with Gasteiger partial charge in [-0.2, -0.15) is 5.26 Å². The van der Waals surface area contributed by atoms with Crippen molar-refractivity contribution in [1.29, 1.82) is 5.26 Å². The molecule has 2 aromatic rings. The van der Waals surface area contributed by atoms with Crippen molar-refractivity contribution in [3.63, 3.8) is 0 Å². The number of benzene rings is 1. The van der Waals surface area contributed by atoms with Crippen molar-refractivity contribution in [2.24, 2.45) is 0 Å². The van der Waals surface area contributed by atoms with Gasteiger partial charge in [0.1, 0.15) is 24.2 Å². The first-order valence-electron chi connectivity index (χ1n) is 6.60. The third-order valence-electron chi connectivity index (χ3n) is 2.93. The van der Waals surface area contributed by atoms with Gasteiger partial charge in [-0.25, -0.2) is 4.98 Å². The third kappa shape index (κ3) is 4.11. The number of hydrogen-bond donors (Lipinski definition) is 1. The number of nitriles is 1. The standard InChI is InChI=1S/C16H16ClN3O/c1-11-9-12(2)20-16(15(11)10-18)19-7-8-21-14-5-3-13(17)4-6-14/h3-6,9H,7-8H2,1-2H3,(H,19,20). The summed E-state index contributed by atoms with van der Waals surface area (Å²) in [5, 5.41) is 13.0. The smallest absolute Gasteiger partial charge is 0.144 e. The van der Waals surface area contributed by atoms with Crippen LogP contribution in [0.3, 0.4) is 0 Å². The van der Waals surface area contributed by atoms with E-state index in [-0.39, 0.29) is 0 Å². The molecule has 0 aliphatic carbocycles. The molecule has 0 spiro atoms.